The molecule has 2 aromatic rings. The summed E-state index contributed by atoms with van der Waals surface area (Å²) < 4.78 is 7.09. The van der Waals surface area contributed by atoms with Crippen LogP contribution in [0.4, 0.5) is 5.95 Å². The lowest BCUT2D eigenvalue weighted by Crippen LogP contribution is -2.43. The number of nitrogens with two attached hydrogens (primary N) is 1. The molecule has 108 valence electrons. The molecule has 0 saturated carbocycles. The fourth-order valence-electron chi connectivity index (χ4n) is 2.45. The molecule has 4 N–H and O–H groups in total. The normalized spacial score (nSPS) is 34.0. The Bertz CT molecular complexity index is 673. The van der Waals surface area contributed by atoms with Crippen molar-refractivity contribution in [3.05, 3.63) is 11.5 Å². The van der Waals surface area contributed by atoms with Crippen LogP contribution in [0.1, 0.15) is 20.1 Å². The third-order valence-corrected chi connectivity index (χ3v) is 3.80. The van der Waals surface area contributed by atoms with Gasteiger partial charge in [-0.2, -0.15) is 9.97 Å². The zero-order chi connectivity index (χ0) is 14.7. The number of nitrogen functional groups attached to an aromatic ring is 1. The first kappa shape index (κ1) is 13.5. The molecule has 0 spiro atoms. The summed E-state index contributed by atoms with van der Waals surface area (Å²) in [4.78, 5) is 12.0. The van der Waals surface area contributed by atoms with Crippen molar-refractivity contribution in [2.45, 2.75) is 37.9 Å². The van der Waals surface area contributed by atoms with E-state index in [1.807, 2.05) is 0 Å². The van der Waals surface area contributed by atoms with Crippen molar-refractivity contribution >= 4 is 28.7 Å². The first-order chi connectivity index (χ1) is 9.32. The number of aliphatic hydroxyl groups excluding tert-OH is 1. The average molecular weight is 300 g/mol. The molecule has 20 heavy (non-hydrogen) atoms. The van der Waals surface area contributed by atoms with Gasteiger partial charge >= 0.3 is 0 Å². The molecule has 9 heteroatoms. The molecule has 0 radical (unpaired) electrons. The van der Waals surface area contributed by atoms with Crippen molar-refractivity contribution in [1.29, 1.82) is 0 Å². The summed E-state index contributed by atoms with van der Waals surface area (Å²) >= 11 is 5.95. The van der Waals surface area contributed by atoms with Gasteiger partial charge in [0.15, 0.2) is 17.0 Å². The van der Waals surface area contributed by atoms with Crippen LogP contribution in [0.15, 0.2) is 6.33 Å². The third kappa shape index (κ3) is 1.76. The van der Waals surface area contributed by atoms with Crippen LogP contribution in [-0.2, 0) is 4.74 Å². The van der Waals surface area contributed by atoms with Crippen LogP contribution in [0.25, 0.3) is 11.2 Å². The van der Waals surface area contributed by atoms with Crippen molar-refractivity contribution in [3.8, 4) is 0 Å². The summed E-state index contributed by atoms with van der Waals surface area (Å²) in [7, 11) is 0. The monoisotopic (exact) mass is 299 g/mol. The van der Waals surface area contributed by atoms with Crippen LogP contribution < -0.4 is 5.73 Å². The fourth-order valence-corrected chi connectivity index (χ4v) is 2.67. The van der Waals surface area contributed by atoms with Crippen LogP contribution in [0.2, 0.25) is 5.15 Å². The Morgan fingerprint density at radius 2 is 2.20 bits per heavy atom. The number of rotatable bonds is 1. The Kier molecular flexibility index (Phi) is 2.87. The Labute approximate surface area is 119 Å². The van der Waals surface area contributed by atoms with E-state index >= 15 is 0 Å². The molecular weight excluding hydrogens is 286 g/mol. The molecule has 1 saturated heterocycles. The highest BCUT2D eigenvalue weighted by molar-refractivity contribution is 6.33. The van der Waals surface area contributed by atoms with Crippen molar-refractivity contribution in [1.82, 2.24) is 19.5 Å². The number of imidazole rings is 1. The number of anilines is 1. The van der Waals surface area contributed by atoms with Gasteiger partial charge in [0, 0.05) is 0 Å². The predicted octanol–water partition coefficient (Wildman–Crippen LogP) is 0.0911. The maximum atomic E-state index is 10.4. The maximum Gasteiger partial charge on any atom is 0.223 e. The second kappa shape index (κ2) is 4.26. The first-order valence-corrected chi connectivity index (χ1v) is 6.41. The molecule has 1 fully saturated rings. The molecule has 0 amide bonds. The van der Waals surface area contributed by atoms with Gasteiger partial charge in [0.05, 0.1) is 12.4 Å². The van der Waals surface area contributed by atoms with Gasteiger partial charge in [-0.05, 0) is 13.8 Å². The van der Waals surface area contributed by atoms with Crippen molar-refractivity contribution in [3.63, 3.8) is 0 Å². The number of ether oxygens (including phenoxy) is 1. The fraction of sp³-hybridized carbons (Fsp3) is 0.545. The molecule has 8 nitrogen and oxygen atoms in total. The third-order valence-electron chi connectivity index (χ3n) is 3.54. The van der Waals surface area contributed by atoms with Crippen LogP contribution in [0, 0.1) is 0 Å². The van der Waals surface area contributed by atoms with Gasteiger partial charge in [0.25, 0.3) is 0 Å². The minimum atomic E-state index is -1.49. The smallest absolute Gasteiger partial charge is 0.223 e. The molecule has 4 atom stereocenters. The SMILES string of the molecule is C[C@H]1O[C@@H](n2cnc3c(Cl)nc(N)nc32)[C@](C)(O)[C@@H]1O. The lowest BCUT2D eigenvalue weighted by molar-refractivity contribution is -0.0936. The molecule has 0 aromatic carbocycles. The van der Waals surface area contributed by atoms with Gasteiger partial charge < -0.3 is 20.7 Å². The van der Waals surface area contributed by atoms with Crippen molar-refractivity contribution in [2.24, 2.45) is 0 Å². The Morgan fingerprint density at radius 3 is 2.80 bits per heavy atom. The predicted molar refractivity (Wildman–Crippen MR) is 71.0 cm³/mol. The highest BCUT2D eigenvalue weighted by Gasteiger charge is 2.51. The molecular formula is C11H14ClN5O3. The van der Waals surface area contributed by atoms with Crippen LogP contribution in [0.5, 0.6) is 0 Å². The van der Waals surface area contributed by atoms with Gasteiger partial charge in [-0.3, -0.25) is 4.57 Å². The number of aliphatic hydroxyl groups is 2. The van der Waals surface area contributed by atoms with Crippen molar-refractivity contribution < 1.29 is 14.9 Å². The highest BCUT2D eigenvalue weighted by atomic mass is 35.5. The van der Waals surface area contributed by atoms with E-state index in [1.165, 1.54) is 17.8 Å². The first-order valence-electron chi connectivity index (χ1n) is 6.04. The molecule has 0 bridgehead atoms. The average Bonchev–Trinajstić information content (AvgIpc) is 2.85. The summed E-state index contributed by atoms with van der Waals surface area (Å²) in [6.45, 7) is 3.17. The molecule has 3 heterocycles. The maximum absolute atomic E-state index is 10.4. The van der Waals surface area contributed by atoms with E-state index in [2.05, 4.69) is 15.0 Å². The van der Waals surface area contributed by atoms with Crippen LogP contribution in [0.3, 0.4) is 0 Å². The number of aromatic nitrogens is 4. The van der Waals surface area contributed by atoms with Gasteiger partial charge in [0.1, 0.15) is 17.2 Å². The summed E-state index contributed by atoms with van der Waals surface area (Å²) in [6.07, 6.45) is -0.973. The molecule has 0 aliphatic carbocycles. The summed E-state index contributed by atoms with van der Waals surface area (Å²) in [5.41, 5.74) is 4.78. The van der Waals surface area contributed by atoms with E-state index in [0.717, 1.165) is 0 Å². The molecule has 2 aromatic heterocycles. The number of hydrogen-bond donors (Lipinski definition) is 3. The largest absolute Gasteiger partial charge is 0.387 e. The number of fused-ring (bicyclic) bond motifs is 1. The summed E-state index contributed by atoms with van der Waals surface area (Å²) in [5.74, 6) is -0.00418. The number of hydrogen-bond acceptors (Lipinski definition) is 7. The second-order valence-corrected chi connectivity index (χ2v) is 5.42. The minimum absolute atomic E-state index is 0.00418. The van der Waals surface area contributed by atoms with Gasteiger partial charge in [-0.1, -0.05) is 11.6 Å². The minimum Gasteiger partial charge on any atom is -0.387 e. The van der Waals surface area contributed by atoms with E-state index in [-0.39, 0.29) is 11.1 Å². The second-order valence-electron chi connectivity index (χ2n) is 5.06. The lowest BCUT2D eigenvalue weighted by Gasteiger charge is -2.27. The van der Waals surface area contributed by atoms with E-state index in [1.54, 1.807) is 6.92 Å². The van der Waals surface area contributed by atoms with Gasteiger partial charge in [0.2, 0.25) is 5.95 Å². The van der Waals surface area contributed by atoms with E-state index in [0.29, 0.717) is 11.2 Å². The molecule has 0 unspecified atom stereocenters. The lowest BCUT2D eigenvalue weighted by atomic mass is 9.97. The van der Waals surface area contributed by atoms with Crippen LogP contribution in [-0.4, -0.2) is 47.5 Å². The van der Waals surface area contributed by atoms with Gasteiger partial charge in [-0.15, -0.1) is 0 Å². The molecule has 1 aliphatic heterocycles. The number of halogens is 1. The number of nitrogens with zero attached hydrogens (tertiary/aromatic N) is 4. The quantitative estimate of drug-likeness (QED) is 0.638. The topological polar surface area (TPSA) is 119 Å². The Morgan fingerprint density at radius 1 is 1.50 bits per heavy atom. The molecule has 1 aliphatic rings. The van der Waals surface area contributed by atoms with Crippen LogP contribution >= 0.6 is 11.6 Å². The van der Waals surface area contributed by atoms with E-state index in [4.69, 9.17) is 22.1 Å². The zero-order valence-electron chi connectivity index (χ0n) is 10.9. The van der Waals surface area contributed by atoms with Gasteiger partial charge in [-0.25, -0.2) is 4.98 Å². The highest BCUT2D eigenvalue weighted by Crippen LogP contribution is 2.39. The Hall–Kier alpha value is -1.48. The Balaban J connectivity index is 2.16. The van der Waals surface area contributed by atoms with E-state index in [9.17, 15) is 10.2 Å². The summed E-state index contributed by atoms with van der Waals surface area (Å²) in [5, 5.41) is 20.5. The summed E-state index contributed by atoms with van der Waals surface area (Å²) in [6, 6.07) is 0. The van der Waals surface area contributed by atoms with Crippen molar-refractivity contribution in [2.75, 3.05) is 5.73 Å². The zero-order valence-corrected chi connectivity index (χ0v) is 11.6. The standard InChI is InChI=1S/C11H14ClN5O3/c1-4-6(18)11(2,19)9(20-4)17-3-14-5-7(12)15-10(13)16-8(5)17/h3-4,6,9,18-19H,1-2H3,(H2,13,15,16)/t4-,6-,9-,11-/m1/s1. The van der Waals surface area contributed by atoms with E-state index < -0.39 is 24.0 Å². The molecule has 3 rings (SSSR count).